The second-order valence-corrected chi connectivity index (χ2v) is 5.27. The lowest BCUT2D eigenvalue weighted by atomic mass is 9.95. The Morgan fingerprint density at radius 3 is 2.41 bits per heavy atom. The van der Waals surface area contributed by atoms with Gasteiger partial charge in [-0.15, -0.1) is 0 Å². The zero-order valence-corrected chi connectivity index (χ0v) is 11.2. The van der Waals surface area contributed by atoms with Gasteiger partial charge in [0.1, 0.15) is 6.04 Å². The molecule has 0 aliphatic carbocycles. The van der Waals surface area contributed by atoms with E-state index in [4.69, 9.17) is 0 Å². The number of rotatable bonds is 2. The Balaban J connectivity index is 2.12. The highest BCUT2D eigenvalue weighted by Gasteiger charge is 2.68. The maximum atomic E-state index is 13.3. The fourth-order valence-corrected chi connectivity index (χ4v) is 3.24. The van der Waals surface area contributed by atoms with E-state index in [-0.39, 0.29) is 13.0 Å². The van der Waals surface area contributed by atoms with E-state index in [0.29, 0.717) is 10.6 Å². The van der Waals surface area contributed by atoms with E-state index in [2.05, 4.69) is 0 Å². The number of alkyl halides is 3. The molecule has 0 spiro atoms. The van der Waals surface area contributed by atoms with Crippen LogP contribution in [0.3, 0.4) is 0 Å². The number of nitrogens with zero attached hydrogens (tertiary/aromatic N) is 3. The predicted octanol–water partition coefficient (Wildman–Crippen LogP) is 1.77. The smallest absolute Gasteiger partial charge is 0.273 e. The Kier molecular flexibility index (Phi) is 3.32. The Labute approximate surface area is 123 Å². The van der Waals surface area contributed by atoms with Crippen molar-refractivity contribution in [2.75, 3.05) is 6.54 Å². The molecule has 3 atom stereocenters. The zero-order valence-electron chi connectivity index (χ0n) is 11.2. The van der Waals surface area contributed by atoms with Crippen LogP contribution >= 0.6 is 0 Å². The van der Waals surface area contributed by atoms with Gasteiger partial charge >= 0.3 is 6.18 Å². The first-order chi connectivity index (χ1) is 10.3. The van der Waals surface area contributed by atoms with Gasteiger partial charge in [-0.2, -0.15) is 13.2 Å². The molecule has 0 unspecified atom stereocenters. The van der Waals surface area contributed by atoms with Crippen molar-refractivity contribution >= 4 is 5.91 Å². The van der Waals surface area contributed by atoms with E-state index in [9.17, 15) is 28.1 Å². The van der Waals surface area contributed by atoms with Gasteiger partial charge in [-0.1, -0.05) is 30.3 Å². The van der Waals surface area contributed by atoms with Crippen molar-refractivity contribution < 1.29 is 22.9 Å². The third kappa shape index (κ3) is 2.12. The lowest BCUT2D eigenvalue weighted by Gasteiger charge is -2.26. The molecule has 0 radical (unpaired) electrons. The fraction of sp³-hybridized carbons (Fsp3) is 0.462. The molecule has 22 heavy (non-hydrogen) atoms. The Hall–Kier alpha value is -2.16. The van der Waals surface area contributed by atoms with Gasteiger partial charge in [0.15, 0.2) is 0 Å². The molecular weight excluding hydrogens is 303 g/mol. The van der Waals surface area contributed by atoms with Crippen molar-refractivity contribution in [3.8, 4) is 0 Å². The molecular formula is C13H12F3N3O3. The highest BCUT2D eigenvalue weighted by Crippen LogP contribution is 2.46. The third-order valence-corrected chi connectivity index (χ3v) is 4.04. The number of hydrazine groups is 1. The molecule has 0 saturated carbocycles. The number of fused-ring (bicyclic) bond motifs is 1. The van der Waals surface area contributed by atoms with Gasteiger partial charge in [0.2, 0.25) is 11.9 Å². The molecule has 118 valence electrons. The van der Waals surface area contributed by atoms with Crippen molar-refractivity contribution in [2.45, 2.75) is 30.7 Å². The number of hydrogen-bond donors (Lipinski definition) is 0. The summed E-state index contributed by atoms with van der Waals surface area (Å²) in [6.45, 7) is 0.0509. The second-order valence-electron chi connectivity index (χ2n) is 5.27. The number of halogens is 3. The summed E-state index contributed by atoms with van der Waals surface area (Å²) >= 11 is 0. The van der Waals surface area contributed by atoms with E-state index in [1.165, 1.54) is 5.01 Å². The monoisotopic (exact) mass is 315 g/mol. The quantitative estimate of drug-likeness (QED) is 0.616. The topological polar surface area (TPSA) is 66.7 Å². The highest BCUT2D eigenvalue weighted by atomic mass is 19.4. The SMILES string of the molecule is O=C1CCN2[C@H](c3ccccc3)[C@H]([N+](=O)[O-])[C@@H](C(F)(F)F)N12. The Morgan fingerprint density at radius 2 is 1.86 bits per heavy atom. The maximum absolute atomic E-state index is 13.3. The molecule has 0 aromatic heterocycles. The molecule has 0 bridgehead atoms. The van der Waals surface area contributed by atoms with Crippen molar-refractivity contribution in [2.24, 2.45) is 0 Å². The first-order valence-corrected chi connectivity index (χ1v) is 6.66. The molecule has 2 heterocycles. The molecule has 0 N–H and O–H groups in total. The molecule has 2 aliphatic heterocycles. The minimum atomic E-state index is -4.86. The minimum absolute atomic E-state index is 0.0509. The number of nitro groups is 1. The average molecular weight is 315 g/mol. The maximum Gasteiger partial charge on any atom is 0.417 e. The van der Waals surface area contributed by atoms with E-state index in [1.54, 1.807) is 30.3 Å². The van der Waals surface area contributed by atoms with Gasteiger partial charge in [0.25, 0.3) is 6.04 Å². The van der Waals surface area contributed by atoms with Crippen LogP contribution in [0, 0.1) is 10.1 Å². The van der Waals surface area contributed by atoms with Gasteiger partial charge in [-0.3, -0.25) is 19.9 Å². The largest absolute Gasteiger partial charge is 0.417 e. The number of hydrogen-bond acceptors (Lipinski definition) is 4. The van der Waals surface area contributed by atoms with Crippen LogP contribution < -0.4 is 0 Å². The van der Waals surface area contributed by atoms with Crippen LogP contribution in [0.2, 0.25) is 0 Å². The molecule has 9 heteroatoms. The molecule has 2 saturated heterocycles. The predicted molar refractivity (Wildman–Crippen MR) is 68.0 cm³/mol. The molecule has 1 aromatic rings. The van der Waals surface area contributed by atoms with Crippen molar-refractivity contribution in [3.05, 3.63) is 46.0 Å². The van der Waals surface area contributed by atoms with Gasteiger partial charge in [0, 0.05) is 17.9 Å². The molecule has 1 amide bonds. The van der Waals surface area contributed by atoms with Crippen LogP contribution in [-0.2, 0) is 4.79 Å². The average Bonchev–Trinajstić information content (AvgIpc) is 2.97. The van der Waals surface area contributed by atoms with Gasteiger partial charge < -0.3 is 0 Å². The van der Waals surface area contributed by atoms with Gasteiger partial charge in [0.05, 0.1) is 0 Å². The van der Waals surface area contributed by atoms with Crippen molar-refractivity contribution in [1.82, 2.24) is 10.0 Å². The summed E-state index contributed by atoms with van der Waals surface area (Å²) in [4.78, 5) is 22.2. The summed E-state index contributed by atoms with van der Waals surface area (Å²) in [5.41, 5.74) is 0.399. The summed E-state index contributed by atoms with van der Waals surface area (Å²) in [6.07, 6.45) is -4.93. The third-order valence-electron chi connectivity index (χ3n) is 4.04. The first-order valence-electron chi connectivity index (χ1n) is 6.66. The fourth-order valence-electron chi connectivity index (χ4n) is 3.24. The van der Waals surface area contributed by atoms with E-state index in [1.807, 2.05) is 0 Å². The summed E-state index contributed by atoms with van der Waals surface area (Å²) in [5.74, 6) is -0.729. The number of carbonyl (C=O) groups is 1. The lowest BCUT2D eigenvalue weighted by Crippen LogP contribution is -2.51. The van der Waals surface area contributed by atoms with Crippen LogP contribution in [0.1, 0.15) is 18.0 Å². The summed E-state index contributed by atoms with van der Waals surface area (Å²) in [5, 5.41) is 13.0. The standard InChI is InChI=1S/C13H12F3N3O3/c14-13(15,16)12-11(19(21)22)10(8-4-2-1-3-5-8)17-7-6-9(20)18(12)17/h1-5,10-12H,6-7H2/t10-,11+,12+/m1/s1. The Bertz CT molecular complexity index is 608. The molecule has 6 nitrogen and oxygen atoms in total. The molecule has 2 aliphatic rings. The van der Waals surface area contributed by atoms with Gasteiger partial charge in [-0.05, 0) is 5.56 Å². The summed E-state index contributed by atoms with van der Waals surface area (Å²) in [7, 11) is 0. The molecule has 3 rings (SSSR count). The first kappa shape index (κ1) is 14.8. The summed E-state index contributed by atoms with van der Waals surface area (Å²) in [6, 6.07) is 2.50. The van der Waals surface area contributed by atoms with Crippen LogP contribution in [0.5, 0.6) is 0 Å². The number of benzene rings is 1. The zero-order chi connectivity index (χ0) is 16.1. The number of carbonyl (C=O) groups excluding carboxylic acids is 1. The van der Waals surface area contributed by atoms with Crippen molar-refractivity contribution in [3.63, 3.8) is 0 Å². The van der Waals surface area contributed by atoms with Crippen molar-refractivity contribution in [1.29, 1.82) is 0 Å². The van der Waals surface area contributed by atoms with Crippen LogP contribution in [0.4, 0.5) is 13.2 Å². The Morgan fingerprint density at radius 1 is 1.23 bits per heavy atom. The van der Waals surface area contributed by atoms with Crippen LogP contribution in [0.25, 0.3) is 0 Å². The summed E-state index contributed by atoms with van der Waals surface area (Å²) < 4.78 is 40.0. The minimum Gasteiger partial charge on any atom is -0.273 e. The lowest BCUT2D eigenvalue weighted by molar-refractivity contribution is -0.536. The number of amides is 1. The highest BCUT2D eigenvalue weighted by molar-refractivity contribution is 5.78. The normalized spacial score (nSPS) is 29.0. The van der Waals surface area contributed by atoms with Crippen LogP contribution in [-0.4, -0.2) is 45.7 Å². The van der Waals surface area contributed by atoms with E-state index < -0.39 is 35.1 Å². The van der Waals surface area contributed by atoms with E-state index in [0.717, 1.165) is 0 Å². The van der Waals surface area contributed by atoms with E-state index >= 15 is 0 Å². The molecule has 1 aromatic carbocycles. The second kappa shape index (κ2) is 4.94. The van der Waals surface area contributed by atoms with Gasteiger partial charge in [-0.25, -0.2) is 5.01 Å². The molecule has 2 fully saturated rings. The van der Waals surface area contributed by atoms with Crippen LogP contribution in [0.15, 0.2) is 30.3 Å².